The van der Waals surface area contributed by atoms with Gasteiger partial charge in [0.15, 0.2) is 0 Å². The van der Waals surface area contributed by atoms with Gasteiger partial charge in [-0.3, -0.25) is 9.69 Å². The van der Waals surface area contributed by atoms with Gasteiger partial charge in [-0.25, -0.2) is 0 Å². The molecule has 4 heteroatoms. The Kier molecular flexibility index (Phi) is 6.16. The fourth-order valence-electron chi connectivity index (χ4n) is 2.77. The molecule has 2 N–H and O–H groups in total. The van der Waals surface area contributed by atoms with Gasteiger partial charge in [-0.1, -0.05) is 17.7 Å². The molecule has 0 aromatic heterocycles. The van der Waals surface area contributed by atoms with Gasteiger partial charge >= 0.3 is 0 Å². The van der Waals surface area contributed by atoms with Crippen LogP contribution in [-0.4, -0.2) is 35.6 Å². The van der Waals surface area contributed by atoms with Gasteiger partial charge in [0, 0.05) is 24.9 Å². The second-order valence-electron chi connectivity index (χ2n) is 6.31. The average Bonchev–Trinajstić information content (AvgIpc) is 2.47. The maximum absolute atomic E-state index is 11.8. The van der Waals surface area contributed by atoms with Gasteiger partial charge in [0.05, 0.1) is 0 Å². The monoisotopic (exact) mass is 302 g/mol. The topological polar surface area (TPSA) is 52.6 Å². The quantitative estimate of drug-likeness (QED) is 0.822. The molecule has 0 radical (unpaired) electrons. The number of aliphatic hydroxyl groups excluding tert-OH is 1. The fourth-order valence-corrected chi connectivity index (χ4v) is 2.77. The summed E-state index contributed by atoms with van der Waals surface area (Å²) < 4.78 is 0. The minimum atomic E-state index is -0.0825. The lowest BCUT2D eigenvalue weighted by Gasteiger charge is -2.31. The van der Waals surface area contributed by atoms with Crippen molar-refractivity contribution in [3.8, 4) is 0 Å². The number of anilines is 1. The van der Waals surface area contributed by atoms with E-state index in [1.165, 1.54) is 5.56 Å². The molecule has 22 heavy (non-hydrogen) atoms. The smallest absolute Gasteiger partial charge is 0.248 e. The van der Waals surface area contributed by atoms with Gasteiger partial charge < -0.3 is 10.4 Å². The SMILES string of the molecule is CC(C)=CC(=O)Nc1cccc(CN2CCC(CO)CC2)c1. The summed E-state index contributed by atoms with van der Waals surface area (Å²) in [5, 5.41) is 12.1. The van der Waals surface area contributed by atoms with Crippen molar-refractivity contribution in [2.75, 3.05) is 25.0 Å². The van der Waals surface area contributed by atoms with Gasteiger partial charge in [-0.2, -0.15) is 0 Å². The number of rotatable bonds is 5. The third kappa shape index (κ3) is 5.28. The maximum Gasteiger partial charge on any atom is 0.248 e. The zero-order valence-electron chi connectivity index (χ0n) is 13.5. The Morgan fingerprint density at radius 2 is 2.09 bits per heavy atom. The third-order valence-corrected chi connectivity index (χ3v) is 3.99. The molecule has 0 spiro atoms. The van der Waals surface area contributed by atoms with E-state index >= 15 is 0 Å². The minimum absolute atomic E-state index is 0.0825. The summed E-state index contributed by atoms with van der Waals surface area (Å²) in [4.78, 5) is 14.2. The molecule has 1 aliphatic rings. The van der Waals surface area contributed by atoms with E-state index in [1.807, 2.05) is 32.0 Å². The zero-order valence-corrected chi connectivity index (χ0v) is 13.5. The molecule has 120 valence electrons. The number of nitrogens with one attached hydrogen (secondary N) is 1. The number of benzene rings is 1. The summed E-state index contributed by atoms with van der Waals surface area (Å²) in [6, 6.07) is 8.02. The van der Waals surface area contributed by atoms with Gasteiger partial charge in [-0.15, -0.1) is 0 Å². The van der Waals surface area contributed by atoms with E-state index in [4.69, 9.17) is 0 Å². The Balaban J connectivity index is 1.91. The van der Waals surface area contributed by atoms with E-state index in [9.17, 15) is 9.90 Å². The van der Waals surface area contributed by atoms with Crippen molar-refractivity contribution in [1.82, 2.24) is 4.90 Å². The molecule has 1 aromatic rings. The standard InChI is InChI=1S/C18H26N2O2/c1-14(2)10-18(22)19-17-5-3-4-16(11-17)12-20-8-6-15(13-21)7-9-20/h3-5,10-11,15,21H,6-9,12-13H2,1-2H3,(H,19,22). The number of hydrogen-bond acceptors (Lipinski definition) is 3. The first-order valence-corrected chi connectivity index (χ1v) is 7.95. The molecule has 0 aliphatic carbocycles. The lowest BCUT2D eigenvalue weighted by molar-refractivity contribution is -0.111. The van der Waals surface area contributed by atoms with Crippen LogP contribution in [0.5, 0.6) is 0 Å². The molecule has 1 saturated heterocycles. The summed E-state index contributed by atoms with van der Waals surface area (Å²) in [5.41, 5.74) is 3.03. The number of nitrogens with zero attached hydrogens (tertiary/aromatic N) is 1. The molecule has 1 aromatic carbocycles. The molecule has 1 fully saturated rings. The highest BCUT2D eigenvalue weighted by Crippen LogP contribution is 2.19. The lowest BCUT2D eigenvalue weighted by Crippen LogP contribution is -2.34. The molecule has 0 unspecified atom stereocenters. The van der Waals surface area contributed by atoms with Gasteiger partial charge in [-0.05, 0) is 63.4 Å². The first-order valence-electron chi connectivity index (χ1n) is 7.95. The van der Waals surface area contributed by atoms with E-state index in [-0.39, 0.29) is 5.91 Å². The van der Waals surface area contributed by atoms with Gasteiger partial charge in [0.2, 0.25) is 5.91 Å². The van der Waals surface area contributed by atoms with Crippen LogP contribution in [0, 0.1) is 5.92 Å². The molecular formula is C18H26N2O2. The Morgan fingerprint density at radius 1 is 1.36 bits per heavy atom. The van der Waals surface area contributed by atoms with E-state index in [2.05, 4.69) is 16.3 Å². The molecule has 1 heterocycles. The van der Waals surface area contributed by atoms with Crippen LogP contribution in [0.25, 0.3) is 0 Å². The van der Waals surface area contributed by atoms with Crippen LogP contribution < -0.4 is 5.32 Å². The number of allylic oxidation sites excluding steroid dienone is 1. The molecule has 0 atom stereocenters. The molecular weight excluding hydrogens is 276 g/mol. The summed E-state index contributed by atoms with van der Waals surface area (Å²) >= 11 is 0. The van der Waals surface area contributed by atoms with Crippen molar-refractivity contribution in [2.45, 2.75) is 33.2 Å². The summed E-state index contributed by atoms with van der Waals surface area (Å²) in [5.74, 6) is 0.381. The number of amides is 1. The minimum Gasteiger partial charge on any atom is -0.396 e. The normalized spacial score (nSPS) is 16.3. The third-order valence-electron chi connectivity index (χ3n) is 3.99. The Bertz CT molecular complexity index is 528. The van der Waals surface area contributed by atoms with E-state index < -0.39 is 0 Å². The average molecular weight is 302 g/mol. The highest BCUT2D eigenvalue weighted by Gasteiger charge is 2.18. The summed E-state index contributed by atoms with van der Waals surface area (Å²) in [6.07, 6.45) is 3.73. The molecule has 1 amide bonds. The number of likely N-dealkylation sites (tertiary alicyclic amines) is 1. The second-order valence-corrected chi connectivity index (χ2v) is 6.31. The molecule has 4 nitrogen and oxygen atoms in total. The van der Waals surface area contributed by atoms with Crippen LogP contribution in [0.1, 0.15) is 32.3 Å². The molecule has 0 bridgehead atoms. The molecule has 2 rings (SSSR count). The highest BCUT2D eigenvalue weighted by atomic mass is 16.3. The van der Waals surface area contributed by atoms with E-state index in [1.54, 1.807) is 6.08 Å². The second kappa shape index (κ2) is 8.11. The van der Waals surface area contributed by atoms with E-state index in [0.717, 1.165) is 43.7 Å². The fraction of sp³-hybridized carbons (Fsp3) is 0.500. The Morgan fingerprint density at radius 3 is 2.73 bits per heavy atom. The van der Waals surface area contributed by atoms with Crippen LogP contribution in [-0.2, 0) is 11.3 Å². The number of carbonyl (C=O) groups excluding carboxylic acids is 1. The van der Waals surface area contributed by atoms with E-state index in [0.29, 0.717) is 12.5 Å². The first-order chi connectivity index (χ1) is 10.6. The van der Waals surface area contributed by atoms with Gasteiger partial charge in [0.1, 0.15) is 0 Å². The largest absolute Gasteiger partial charge is 0.396 e. The first kappa shape index (κ1) is 16.7. The predicted molar refractivity (Wildman–Crippen MR) is 89.6 cm³/mol. The Hall–Kier alpha value is -1.65. The summed E-state index contributed by atoms with van der Waals surface area (Å²) in [6.45, 7) is 7.07. The van der Waals surface area contributed by atoms with Crippen molar-refractivity contribution in [3.63, 3.8) is 0 Å². The maximum atomic E-state index is 11.8. The number of carbonyl (C=O) groups is 1. The van der Waals surface area contributed by atoms with Crippen molar-refractivity contribution in [1.29, 1.82) is 0 Å². The predicted octanol–water partition coefficient (Wildman–Crippen LogP) is 2.80. The van der Waals surface area contributed by atoms with Crippen LogP contribution in [0.4, 0.5) is 5.69 Å². The number of aliphatic hydroxyl groups is 1. The number of hydrogen-bond donors (Lipinski definition) is 2. The van der Waals surface area contributed by atoms with Crippen molar-refractivity contribution < 1.29 is 9.90 Å². The number of piperidine rings is 1. The Labute approximate surface area is 132 Å². The zero-order chi connectivity index (χ0) is 15.9. The molecule has 0 saturated carbocycles. The highest BCUT2D eigenvalue weighted by molar-refractivity contribution is 5.99. The van der Waals surface area contributed by atoms with Crippen LogP contribution in [0.2, 0.25) is 0 Å². The van der Waals surface area contributed by atoms with Gasteiger partial charge in [0.25, 0.3) is 0 Å². The van der Waals surface area contributed by atoms with Crippen molar-refractivity contribution in [3.05, 3.63) is 41.5 Å². The van der Waals surface area contributed by atoms with Crippen LogP contribution in [0.15, 0.2) is 35.9 Å². The van der Waals surface area contributed by atoms with Crippen molar-refractivity contribution in [2.24, 2.45) is 5.92 Å². The summed E-state index contributed by atoms with van der Waals surface area (Å²) in [7, 11) is 0. The van der Waals surface area contributed by atoms with Crippen LogP contribution >= 0.6 is 0 Å². The molecule has 1 aliphatic heterocycles. The van der Waals surface area contributed by atoms with Crippen molar-refractivity contribution >= 4 is 11.6 Å². The van der Waals surface area contributed by atoms with Crippen LogP contribution in [0.3, 0.4) is 0 Å². The lowest BCUT2D eigenvalue weighted by atomic mass is 9.97.